The number of para-hydroxylation sites is 1. The first-order valence-electron chi connectivity index (χ1n) is 9.27. The van der Waals surface area contributed by atoms with Crippen LogP contribution in [-0.2, 0) is 10.0 Å². The number of sulfonamides is 1. The molecule has 3 aromatic carbocycles. The minimum Gasteiger partial charge on any atom is -0.506 e. The number of nitrogens with one attached hydrogen (secondary N) is 1. The van der Waals surface area contributed by atoms with Crippen molar-refractivity contribution in [1.82, 2.24) is 4.57 Å². The quantitative estimate of drug-likeness (QED) is 0.465. The molecular formula is C23H22N2O3S. The molecule has 2 N–H and O–H groups in total. The second-order valence-electron chi connectivity index (χ2n) is 7.19. The molecule has 5 nitrogen and oxygen atoms in total. The van der Waals surface area contributed by atoms with Crippen molar-refractivity contribution >= 4 is 26.6 Å². The minimum absolute atomic E-state index is 0.0761. The van der Waals surface area contributed by atoms with Gasteiger partial charge in [0.05, 0.1) is 21.8 Å². The summed E-state index contributed by atoms with van der Waals surface area (Å²) in [7, 11) is -3.73. The first-order valence-corrected chi connectivity index (χ1v) is 10.8. The fourth-order valence-corrected chi connectivity index (χ4v) is 4.59. The summed E-state index contributed by atoms with van der Waals surface area (Å²) in [4.78, 5) is 0.191. The van der Waals surface area contributed by atoms with Gasteiger partial charge < -0.3 is 9.67 Å². The highest BCUT2D eigenvalue weighted by molar-refractivity contribution is 7.92. The summed E-state index contributed by atoms with van der Waals surface area (Å²) in [5.41, 5.74) is 4.95. The van der Waals surface area contributed by atoms with Crippen molar-refractivity contribution in [2.75, 3.05) is 4.72 Å². The molecule has 0 bridgehead atoms. The zero-order chi connectivity index (χ0) is 20.8. The van der Waals surface area contributed by atoms with Crippen molar-refractivity contribution in [1.29, 1.82) is 0 Å². The van der Waals surface area contributed by atoms with Crippen LogP contribution in [0.5, 0.6) is 5.75 Å². The van der Waals surface area contributed by atoms with E-state index in [9.17, 15) is 13.5 Å². The lowest BCUT2D eigenvalue weighted by atomic mass is 10.2. The lowest BCUT2D eigenvalue weighted by molar-refractivity contribution is 0.472. The number of rotatable bonds is 4. The predicted octanol–water partition coefficient (Wildman–Crippen LogP) is 5.06. The second-order valence-corrected chi connectivity index (χ2v) is 8.87. The van der Waals surface area contributed by atoms with Crippen molar-refractivity contribution in [2.45, 2.75) is 25.7 Å². The molecule has 4 aromatic rings. The Morgan fingerprint density at radius 1 is 0.897 bits per heavy atom. The topological polar surface area (TPSA) is 71.3 Å². The summed E-state index contributed by atoms with van der Waals surface area (Å²) in [6, 6.07) is 19.3. The Kier molecular flexibility index (Phi) is 4.59. The maximum atomic E-state index is 12.7. The Labute approximate surface area is 170 Å². The highest BCUT2D eigenvalue weighted by Crippen LogP contribution is 2.34. The number of aromatic hydroxyl groups is 1. The Bertz CT molecular complexity index is 1320. The van der Waals surface area contributed by atoms with Crippen molar-refractivity contribution < 1.29 is 13.5 Å². The van der Waals surface area contributed by atoms with E-state index in [1.54, 1.807) is 36.4 Å². The number of fused-ring (bicyclic) bond motifs is 1. The number of benzene rings is 3. The fraction of sp³-hybridized carbons (Fsp3) is 0.130. The van der Waals surface area contributed by atoms with E-state index in [2.05, 4.69) is 4.72 Å². The van der Waals surface area contributed by atoms with E-state index < -0.39 is 10.0 Å². The zero-order valence-corrected chi connectivity index (χ0v) is 17.3. The van der Waals surface area contributed by atoms with Gasteiger partial charge in [-0.1, -0.05) is 35.9 Å². The van der Waals surface area contributed by atoms with Crippen molar-refractivity contribution in [3.63, 3.8) is 0 Å². The molecule has 0 spiro atoms. The summed E-state index contributed by atoms with van der Waals surface area (Å²) < 4.78 is 30.1. The average Bonchev–Trinajstić information content (AvgIpc) is 2.94. The number of anilines is 1. The summed E-state index contributed by atoms with van der Waals surface area (Å²) in [5, 5.41) is 11.6. The highest BCUT2D eigenvalue weighted by Gasteiger charge is 2.18. The van der Waals surface area contributed by atoms with Gasteiger partial charge in [-0.05, 0) is 62.7 Å². The molecular weight excluding hydrogens is 384 g/mol. The van der Waals surface area contributed by atoms with Gasteiger partial charge in [-0.2, -0.15) is 0 Å². The van der Waals surface area contributed by atoms with Crippen LogP contribution in [0.3, 0.4) is 0 Å². The zero-order valence-electron chi connectivity index (χ0n) is 16.5. The van der Waals surface area contributed by atoms with Crippen LogP contribution in [0.15, 0.2) is 71.6 Å². The van der Waals surface area contributed by atoms with E-state index >= 15 is 0 Å². The van der Waals surface area contributed by atoms with Crippen LogP contribution in [0, 0.1) is 20.8 Å². The van der Waals surface area contributed by atoms with Crippen LogP contribution >= 0.6 is 0 Å². The van der Waals surface area contributed by atoms with Gasteiger partial charge in [0.2, 0.25) is 0 Å². The number of aromatic nitrogens is 1. The third kappa shape index (κ3) is 3.36. The number of nitrogens with zero attached hydrogens (tertiary/aromatic N) is 1. The van der Waals surface area contributed by atoms with Crippen LogP contribution in [0.4, 0.5) is 5.69 Å². The number of aryl methyl sites for hydroxylation is 2. The lowest BCUT2D eigenvalue weighted by Crippen LogP contribution is -2.13. The smallest absolute Gasteiger partial charge is 0.261 e. The van der Waals surface area contributed by atoms with Crippen LogP contribution in [0.1, 0.15) is 16.8 Å². The molecule has 148 valence electrons. The third-order valence-corrected chi connectivity index (χ3v) is 6.62. The monoisotopic (exact) mass is 406 g/mol. The van der Waals surface area contributed by atoms with Crippen molar-refractivity contribution in [3.8, 4) is 11.4 Å². The number of phenolic OH excluding ortho intramolecular Hbond substituents is 1. The first kappa shape index (κ1) is 19.1. The molecule has 0 aliphatic rings. The van der Waals surface area contributed by atoms with E-state index in [0.29, 0.717) is 11.4 Å². The predicted molar refractivity (Wildman–Crippen MR) is 116 cm³/mol. The van der Waals surface area contributed by atoms with Gasteiger partial charge in [-0.25, -0.2) is 8.42 Å². The van der Waals surface area contributed by atoms with E-state index in [4.69, 9.17) is 0 Å². The summed E-state index contributed by atoms with van der Waals surface area (Å²) >= 11 is 0. The van der Waals surface area contributed by atoms with Crippen LogP contribution < -0.4 is 4.72 Å². The Morgan fingerprint density at radius 2 is 1.59 bits per heavy atom. The molecule has 1 aromatic heterocycles. The molecule has 4 rings (SSSR count). The van der Waals surface area contributed by atoms with Gasteiger partial charge in [-0.3, -0.25) is 4.72 Å². The SMILES string of the molecule is Cc1ccc(S(=O)(=O)Nc2ccc(O)c(-n3c(C)c(C)c4ccccc43)c2)cc1. The number of phenols is 1. The second kappa shape index (κ2) is 6.97. The Hall–Kier alpha value is -3.25. The minimum atomic E-state index is -3.73. The van der Waals surface area contributed by atoms with Gasteiger partial charge in [0.15, 0.2) is 0 Å². The standard InChI is InChI=1S/C23H22N2O3S/c1-15-8-11-19(12-9-15)29(27,28)24-18-10-13-23(26)22(14-18)25-17(3)16(2)20-6-4-5-7-21(20)25/h4-14,24,26H,1-3H3. The maximum Gasteiger partial charge on any atom is 0.261 e. The van der Waals surface area contributed by atoms with Crippen molar-refractivity contribution in [3.05, 3.63) is 83.6 Å². The number of hydrogen-bond donors (Lipinski definition) is 2. The van der Waals surface area contributed by atoms with E-state index in [-0.39, 0.29) is 10.6 Å². The van der Waals surface area contributed by atoms with Gasteiger partial charge in [0, 0.05) is 11.1 Å². The summed E-state index contributed by atoms with van der Waals surface area (Å²) in [5.74, 6) is 0.0761. The molecule has 0 aliphatic heterocycles. The van der Waals surface area contributed by atoms with Gasteiger partial charge in [0.1, 0.15) is 5.75 Å². The average molecular weight is 407 g/mol. The highest BCUT2D eigenvalue weighted by atomic mass is 32.2. The molecule has 0 fully saturated rings. The largest absolute Gasteiger partial charge is 0.506 e. The Balaban J connectivity index is 1.80. The molecule has 1 heterocycles. The van der Waals surface area contributed by atoms with E-state index in [0.717, 1.165) is 27.7 Å². The molecule has 0 saturated heterocycles. The molecule has 29 heavy (non-hydrogen) atoms. The summed E-state index contributed by atoms with van der Waals surface area (Å²) in [6.07, 6.45) is 0. The molecule has 6 heteroatoms. The molecule has 0 saturated carbocycles. The lowest BCUT2D eigenvalue weighted by Gasteiger charge is -2.14. The fourth-order valence-electron chi connectivity index (χ4n) is 3.54. The van der Waals surface area contributed by atoms with Crippen molar-refractivity contribution in [2.24, 2.45) is 0 Å². The first-order chi connectivity index (χ1) is 13.8. The van der Waals surface area contributed by atoms with Crippen LogP contribution in [0.2, 0.25) is 0 Å². The Morgan fingerprint density at radius 3 is 2.31 bits per heavy atom. The van der Waals surface area contributed by atoms with Gasteiger partial charge >= 0.3 is 0 Å². The molecule has 0 atom stereocenters. The van der Waals surface area contributed by atoms with E-state index in [1.165, 1.54) is 6.07 Å². The molecule has 0 amide bonds. The number of hydrogen-bond acceptors (Lipinski definition) is 3. The summed E-state index contributed by atoms with van der Waals surface area (Å²) in [6.45, 7) is 5.93. The van der Waals surface area contributed by atoms with Crippen LogP contribution in [-0.4, -0.2) is 18.1 Å². The van der Waals surface area contributed by atoms with E-state index in [1.807, 2.05) is 49.6 Å². The molecule has 0 radical (unpaired) electrons. The van der Waals surface area contributed by atoms with Gasteiger partial charge in [0.25, 0.3) is 10.0 Å². The van der Waals surface area contributed by atoms with Gasteiger partial charge in [-0.15, -0.1) is 0 Å². The molecule has 0 unspecified atom stereocenters. The maximum absolute atomic E-state index is 12.7. The van der Waals surface area contributed by atoms with Crippen LogP contribution in [0.25, 0.3) is 16.6 Å². The molecule has 0 aliphatic carbocycles. The normalized spacial score (nSPS) is 11.7. The third-order valence-electron chi connectivity index (χ3n) is 5.23.